The molecule has 10 nitrogen and oxygen atoms in total. The molecule has 1 fully saturated rings. The van der Waals surface area contributed by atoms with Gasteiger partial charge in [0.05, 0.1) is 20.5 Å². The summed E-state index contributed by atoms with van der Waals surface area (Å²) >= 11 is 5.95. The third kappa shape index (κ3) is 5.86. The van der Waals surface area contributed by atoms with Gasteiger partial charge in [0, 0.05) is 18.7 Å². The van der Waals surface area contributed by atoms with Gasteiger partial charge in [-0.1, -0.05) is 29.3 Å². The van der Waals surface area contributed by atoms with Gasteiger partial charge in [0.2, 0.25) is 10.0 Å². The van der Waals surface area contributed by atoms with Crippen LogP contribution in [-0.2, 0) is 24.3 Å². The second kappa shape index (κ2) is 10.3. The standard InChI is InChI=1S/C21H22ClN3O7S/c1-14-5-8-16(9-6-14)33(30,31)24-11-3-2-4-19(24)21(27)32-13-20(26)23-18-12-15(25(28)29)7-10-17(18)22/h5-10,12,19H,2-4,11,13H2,1H3,(H,23,26). The summed E-state index contributed by atoms with van der Waals surface area (Å²) in [7, 11) is -3.93. The van der Waals surface area contributed by atoms with Gasteiger partial charge in [0.15, 0.2) is 6.61 Å². The number of esters is 1. The number of hydrogen-bond acceptors (Lipinski definition) is 7. The molecule has 1 amide bonds. The summed E-state index contributed by atoms with van der Waals surface area (Å²) in [5, 5.41) is 13.3. The minimum absolute atomic E-state index is 0.00634. The van der Waals surface area contributed by atoms with Crippen LogP contribution in [0.5, 0.6) is 0 Å². The Labute approximate surface area is 195 Å². The number of halogens is 1. The number of carbonyl (C=O) groups is 2. The van der Waals surface area contributed by atoms with Gasteiger partial charge >= 0.3 is 5.97 Å². The molecule has 0 bridgehead atoms. The third-order valence-electron chi connectivity index (χ3n) is 5.13. The lowest BCUT2D eigenvalue weighted by molar-refractivity contribution is -0.384. The Kier molecular flexibility index (Phi) is 7.67. The highest BCUT2D eigenvalue weighted by Crippen LogP contribution is 2.28. The normalized spacial score (nSPS) is 16.7. The lowest BCUT2D eigenvalue weighted by atomic mass is 10.1. The number of piperidine rings is 1. The molecule has 0 aliphatic carbocycles. The molecule has 1 atom stereocenters. The van der Waals surface area contributed by atoms with E-state index in [1.54, 1.807) is 12.1 Å². The van der Waals surface area contributed by atoms with E-state index in [4.69, 9.17) is 16.3 Å². The number of nitrogens with one attached hydrogen (secondary N) is 1. The van der Waals surface area contributed by atoms with Crippen molar-refractivity contribution in [3.05, 3.63) is 63.2 Å². The third-order valence-corrected chi connectivity index (χ3v) is 7.39. The Morgan fingerprint density at radius 2 is 1.91 bits per heavy atom. The maximum atomic E-state index is 13.1. The SMILES string of the molecule is Cc1ccc(S(=O)(=O)N2CCCCC2C(=O)OCC(=O)Nc2cc([N+](=O)[O-])ccc2Cl)cc1. The number of hydrogen-bond donors (Lipinski definition) is 1. The first-order chi connectivity index (χ1) is 15.6. The lowest BCUT2D eigenvalue weighted by Crippen LogP contribution is -2.48. The average molecular weight is 496 g/mol. The van der Waals surface area contributed by atoms with Crippen LogP contribution in [0.3, 0.4) is 0 Å². The summed E-state index contributed by atoms with van der Waals surface area (Å²) in [6.07, 6.45) is 1.50. The van der Waals surface area contributed by atoms with Crippen LogP contribution < -0.4 is 5.32 Å². The minimum atomic E-state index is -3.93. The first-order valence-electron chi connectivity index (χ1n) is 10.1. The second-order valence-electron chi connectivity index (χ2n) is 7.52. The zero-order valence-electron chi connectivity index (χ0n) is 17.7. The molecule has 0 spiro atoms. The number of amides is 1. The molecule has 2 aromatic rings. The molecule has 1 aliphatic heterocycles. The highest BCUT2D eigenvalue weighted by atomic mass is 35.5. The predicted molar refractivity (Wildman–Crippen MR) is 120 cm³/mol. The average Bonchev–Trinajstić information content (AvgIpc) is 2.79. The Hall–Kier alpha value is -3.02. The molecular weight excluding hydrogens is 474 g/mol. The molecule has 3 rings (SSSR count). The Balaban J connectivity index is 1.67. The van der Waals surface area contributed by atoms with E-state index < -0.39 is 39.5 Å². The van der Waals surface area contributed by atoms with E-state index in [0.717, 1.165) is 15.9 Å². The number of benzene rings is 2. The molecule has 12 heteroatoms. The van der Waals surface area contributed by atoms with Crippen molar-refractivity contribution in [2.75, 3.05) is 18.5 Å². The zero-order chi connectivity index (χ0) is 24.2. The smallest absolute Gasteiger partial charge is 0.324 e. The number of ether oxygens (including phenoxy) is 1. The second-order valence-corrected chi connectivity index (χ2v) is 9.82. The topological polar surface area (TPSA) is 136 Å². The van der Waals surface area contributed by atoms with Crippen molar-refractivity contribution in [3.63, 3.8) is 0 Å². The largest absolute Gasteiger partial charge is 0.454 e. The number of non-ortho nitro benzene ring substituents is 1. The van der Waals surface area contributed by atoms with Gasteiger partial charge in [-0.3, -0.25) is 19.7 Å². The van der Waals surface area contributed by atoms with E-state index in [1.807, 2.05) is 6.92 Å². The van der Waals surface area contributed by atoms with Crippen LogP contribution >= 0.6 is 11.6 Å². The maximum absolute atomic E-state index is 13.1. The van der Waals surface area contributed by atoms with Gasteiger partial charge in [0.25, 0.3) is 11.6 Å². The van der Waals surface area contributed by atoms with Crippen molar-refractivity contribution in [1.29, 1.82) is 0 Å². The number of carbonyl (C=O) groups excluding carboxylic acids is 2. The zero-order valence-corrected chi connectivity index (χ0v) is 19.3. The molecule has 1 heterocycles. The summed E-state index contributed by atoms with van der Waals surface area (Å²) in [6.45, 7) is 1.29. The number of sulfonamides is 1. The van der Waals surface area contributed by atoms with E-state index >= 15 is 0 Å². The lowest BCUT2D eigenvalue weighted by Gasteiger charge is -2.33. The molecule has 1 saturated heterocycles. The number of nitrogens with zero attached hydrogens (tertiary/aromatic N) is 2. The number of anilines is 1. The Morgan fingerprint density at radius 3 is 2.58 bits per heavy atom. The quantitative estimate of drug-likeness (QED) is 0.353. The van der Waals surface area contributed by atoms with Gasteiger partial charge in [-0.25, -0.2) is 8.42 Å². The molecule has 2 aromatic carbocycles. The van der Waals surface area contributed by atoms with Crippen molar-refractivity contribution in [2.45, 2.75) is 37.1 Å². The molecule has 0 aromatic heterocycles. The van der Waals surface area contributed by atoms with E-state index in [1.165, 1.54) is 24.3 Å². The van der Waals surface area contributed by atoms with Gasteiger partial charge in [-0.15, -0.1) is 0 Å². The number of nitro benzene ring substituents is 1. The fourth-order valence-electron chi connectivity index (χ4n) is 3.42. The van der Waals surface area contributed by atoms with Crippen LogP contribution in [0.25, 0.3) is 0 Å². The van der Waals surface area contributed by atoms with Crippen LogP contribution in [0.15, 0.2) is 47.4 Å². The van der Waals surface area contributed by atoms with Gasteiger partial charge < -0.3 is 10.1 Å². The highest BCUT2D eigenvalue weighted by Gasteiger charge is 2.38. The number of nitro groups is 1. The van der Waals surface area contributed by atoms with E-state index in [-0.39, 0.29) is 34.3 Å². The fourth-order valence-corrected chi connectivity index (χ4v) is 5.23. The maximum Gasteiger partial charge on any atom is 0.324 e. The van der Waals surface area contributed by atoms with E-state index in [9.17, 15) is 28.1 Å². The molecular formula is C21H22ClN3O7S. The molecule has 1 aliphatic rings. The summed E-state index contributed by atoms with van der Waals surface area (Å²) in [6, 6.07) is 8.79. The number of aryl methyl sites for hydroxylation is 1. The van der Waals surface area contributed by atoms with Crippen molar-refractivity contribution in [2.24, 2.45) is 0 Å². The highest BCUT2D eigenvalue weighted by molar-refractivity contribution is 7.89. The van der Waals surface area contributed by atoms with Crippen LogP contribution in [-0.4, -0.2) is 48.7 Å². The summed E-state index contributed by atoms with van der Waals surface area (Å²) in [5.74, 6) is -1.61. The Morgan fingerprint density at radius 1 is 1.21 bits per heavy atom. The van der Waals surface area contributed by atoms with E-state index in [0.29, 0.717) is 12.8 Å². The number of rotatable bonds is 7. The van der Waals surface area contributed by atoms with E-state index in [2.05, 4.69) is 5.32 Å². The van der Waals surface area contributed by atoms with Crippen LogP contribution in [0.4, 0.5) is 11.4 Å². The summed E-state index contributed by atoms with van der Waals surface area (Å²) in [4.78, 5) is 35.2. The van der Waals surface area contributed by atoms with Gasteiger partial charge in [-0.2, -0.15) is 4.31 Å². The van der Waals surface area contributed by atoms with Crippen molar-refractivity contribution >= 4 is 44.9 Å². The van der Waals surface area contributed by atoms with Crippen LogP contribution in [0.1, 0.15) is 24.8 Å². The molecule has 1 unspecified atom stereocenters. The molecule has 33 heavy (non-hydrogen) atoms. The Bertz CT molecular complexity index is 1170. The molecule has 0 saturated carbocycles. The van der Waals surface area contributed by atoms with Crippen molar-refractivity contribution in [3.8, 4) is 0 Å². The molecule has 176 valence electrons. The first-order valence-corrected chi connectivity index (χ1v) is 11.9. The minimum Gasteiger partial charge on any atom is -0.454 e. The summed E-state index contributed by atoms with van der Waals surface area (Å²) in [5.41, 5.74) is 0.623. The van der Waals surface area contributed by atoms with Crippen LogP contribution in [0, 0.1) is 17.0 Å². The molecule has 1 N–H and O–H groups in total. The fraction of sp³-hybridized carbons (Fsp3) is 0.333. The van der Waals surface area contributed by atoms with Gasteiger partial charge in [0.1, 0.15) is 6.04 Å². The molecule has 0 radical (unpaired) electrons. The first kappa shape index (κ1) is 24.6. The van der Waals surface area contributed by atoms with Crippen molar-refractivity contribution in [1.82, 2.24) is 4.31 Å². The van der Waals surface area contributed by atoms with Crippen LogP contribution in [0.2, 0.25) is 5.02 Å². The monoisotopic (exact) mass is 495 g/mol. The predicted octanol–water partition coefficient (Wildman–Crippen LogP) is 3.28. The van der Waals surface area contributed by atoms with Crippen molar-refractivity contribution < 1.29 is 27.7 Å². The summed E-state index contributed by atoms with van der Waals surface area (Å²) < 4.78 is 32.4. The van der Waals surface area contributed by atoms with Gasteiger partial charge in [-0.05, 0) is 44.4 Å².